The molecule has 3 rings (SSSR count). The summed E-state index contributed by atoms with van der Waals surface area (Å²) in [6.45, 7) is 2.28. The lowest BCUT2D eigenvalue weighted by Crippen LogP contribution is -2.29. The van der Waals surface area contributed by atoms with E-state index in [2.05, 4.69) is 15.1 Å². The van der Waals surface area contributed by atoms with Crippen LogP contribution in [0.3, 0.4) is 0 Å². The number of aliphatic carboxylic acids is 1. The van der Waals surface area contributed by atoms with Crippen molar-refractivity contribution in [2.45, 2.75) is 32.2 Å². The van der Waals surface area contributed by atoms with Crippen molar-refractivity contribution in [3.05, 3.63) is 12.0 Å². The number of aryl methyl sites for hydroxylation is 1. The topological polar surface area (TPSA) is 92.4 Å². The predicted molar refractivity (Wildman–Crippen MR) is 67.0 cm³/mol. The van der Waals surface area contributed by atoms with Gasteiger partial charge in [-0.3, -0.25) is 4.79 Å². The summed E-state index contributed by atoms with van der Waals surface area (Å²) in [5.74, 6) is -0.0782. The molecule has 2 aromatic rings. The number of anilines is 1. The second kappa shape index (κ2) is 4.49. The SMILES string of the molecule is Cc1noc2ncnc(N(CCC(=O)O)C3CC3)c12. The second-order valence-corrected chi connectivity index (χ2v) is 4.71. The summed E-state index contributed by atoms with van der Waals surface area (Å²) >= 11 is 0. The van der Waals surface area contributed by atoms with Crippen molar-refractivity contribution in [3.8, 4) is 0 Å². The van der Waals surface area contributed by atoms with E-state index in [1.54, 1.807) is 0 Å². The first kappa shape index (κ1) is 11.9. The van der Waals surface area contributed by atoms with Crippen molar-refractivity contribution in [1.82, 2.24) is 15.1 Å². The number of carboxylic acid groups (broad SMARTS) is 1. The summed E-state index contributed by atoms with van der Waals surface area (Å²) in [5.41, 5.74) is 1.18. The minimum absolute atomic E-state index is 0.0896. The predicted octanol–water partition coefficient (Wildman–Crippen LogP) is 1.37. The van der Waals surface area contributed by atoms with Gasteiger partial charge in [0.1, 0.15) is 17.5 Å². The summed E-state index contributed by atoms with van der Waals surface area (Å²) in [7, 11) is 0. The number of aromatic nitrogens is 3. The van der Waals surface area contributed by atoms with Crippen LogP contribution in [-0.2, 0) is 4.79 Å². The van der Waals surface area contributed by atoms with Gasteiger partial charge in [0.25, 0.3) is 5.71 Å². The maximum Gasteiger partial charge on any atom is 0.305 e. The minimum Gasteiger partial charge on any atom is -0.481 e. The highest BCUT2D eigenvalue weighted by Crippen LogP contribution is 2.34. The first-order valence-electron chi connectivity index (χ1n) is 6.22. The summed E-state index contributed by atoms with van der Waals surface area (Å²) in [5, 5.41) is 13.5. The summed E-state index contributed by atoms with van der Waals surface area (Å²) in [4.78, 5) is 21.1. The molecular weight excluding hydrogens is 248 g/mol. The molecule has 7 heteroatoms. The standard InChI is InChI=1S/C12H14N4O3/c1-7-10-11(13-6-14-12(10)19-15-7)16(8-2-3-8)5-4-9(17)18/h6,8H,2-5H2,1H3,(H,17,18). The van der Waals surface area contributed by atoms with E-state index >= 15 is 0 Å². The Morgan fingerprint density at radius 3 is 3.00 bits per heavy atom. The first-order chi connectivity index (χ1) is 9.16. The Balaban J connectivity index is 1.99. The molecule has 100 valence electrons. The molecular formula is C12H14N4O3. The fourth-order valence-electron chi connectivity index (χ4n) is 2.19. The van der Waals surface area contributed by atoms with Crippen LogP contribution in [0.15, 0.2) is 10.9 Å². The van der Waals surface area contributed by atoms with E-state index < -0.39 is 5.97 Å². The fraction of sp³-hybridized carbons (Fsp3) is 0.500. The zero-order valence-corrected chi connectivity index (χ0v) is 10.5. The van der Waals surface area contributed by atoms with Gasteiger partial charge in [0, 0.05) is 12.6 Å². The highest BCUT2D eigenvalue weighted by molar-refractivity contribution is 5.88. The van der Waals surface area contributed by atoms with Crippen molar-refractivity contribution in [2.24, 2.45) is 0 Å². The molecule has 0 unspecified atom stereocenters. The molecule has 0 saturated heterocycles. The van der Waals surface area contributed by atoms with Gasteiger partial charge >= 0.3 is 5.97 Å². The van der Waals surface area contributed by atoms with Crippen LogP contribution >= 0.6 is 0 Å². The monoisotopic (exact) mass is 262 g/mol. The minimum atomic E-state index is -0.807. The molecule has 19 heavy (non-hydrogen) atoms. The zero-order chi connectivity index (χ0) is 13.4. The van der Waals surface area contributed by atoms with Crippen LogP contribution in [-0.4, -0.2) is 38.8 Å². The van der Waals surface area contributed by atoms with Gasteiger partial charge in [-0.2, -0.15) is 4.98 Å². The summed E-state index contributed by atoms with van der Waals surface area (Å²) in [6.07, 6.45) is 3.65. The summed E-state index contributed by atoms with van der Waals surface area (Å²) < 4.78 is 5.12. The van der Waals surface area contributed by atoms with Gasteiger partial charge in [0.2, 0.25) is 0 Å². The molecule has 0 aromatic carbocycles. The lowest BCUT2D eigenvalue weighted by molar-refractivity contribution is -0.136. The highest BCUT2D eigenvalue weighted by Gasteiger charge is 2.32. The maximum absolute atomic E-state index is 10.8. The Bertz CT molecular complexity index is 620. The Hall–Kier alpha value is -2.18. The van der Waals surface area contributed by atoms with Crippen molar-refractivity contribution in [1.29, 1.82) is 0 Å². The molecule has 1 fully saturated rings. The third-order valence-corrected chi connectivity index (χ3v) is 3.25. The van der Waals surface area contributed by atoms with E-state index in [0.717, 1.165) is 29.7 Å². The van der Waals surface area contributed by atoms with Crippen LogP contribution in [0.2, 0.25) is 0 Å². The third kappa shape index (κ3) is 2.23. The van der Waals surface area contributed by atoms with Crippen LogP contribution in [0.4, 0.5) is 5.82 Å². The lowest BCUT2D eigenvalue weighted by atomic mass is 10.2. The Labute approximate surface area is 109 Å². The molecule has 0 spiro atoms. The quantitative estimate of drug-likeness (QED) is 0.869. The van der Waals surface area contributed by atoms with Crippen LogP contribution in [0.1, 0.15) is 25.0 Å². The van der Waals surface area contributed by atoms with E-state index in [-0.39, 0.29) is 6.42 Å². The maximum atomic E-state index is 10.8. The number of carboxylic acids is 1. The van der Waals surface area contributed by atoms with E-state index in [1.807, 2.05) is 11.8 Å². The largest absolute Gasteiger partial charge is 0.481 e. The van der Waals surface area contributed by atoms with Gasteiger partial charge in [0.15, 0.2) is 0 Å². The van der Waals surface area contributed by atoms with Crippen molar-refractivity contribution < 1.29 is 14.4 Å². The van der Waals surface area contributed by atoms with Crippen molar-refractivity contribution in [3.63, 3.8) is 0 Å². The van der Waals surface area contributed by atoms with Gasteiger partial charge in [-0.1, -0.05) is 5.16 Å². The first-order valence-corrected chi connectivity index (χ1v) is 6.22. The van der Waals surface area contributed by atoms with Gasteiger partial charge < -0.3 is 14.5 Å². The van der Waals surface area contributed by atoms with Crippen LogP contribution in [0, 0.1) is 6.92 Å². The Morgan fingerprint density at radius 2 is 2.32 bits per heavy atom. The van der Waals surface area contributed by atoms with Crippen molar-refractivity contribution in [2.75, 3.05) is 11.4 Å². The fourth-order valence-corrected chi connectivity index (χ4v) is 2.19. The molecule has 7 nitrogen and oxygen atoms in total. The van der Waals surface area contributed by atoms with E-state index in [4.69, 9.17) is 9.63 Å². The average molecular weight is 262 g/mol. The number of hydrogen-bond donors (Lipinski definition) is 1. The van der Waals surface area contributed by atoms with Crippen LogP contribution in [0.25, 0.3) is 11.1 Å². The molecule has 2 heterocycles. The molecule has 0 bridgehead atoms. The molecule has 2 aromatic heterocycles. The smallest absolute Gasteiger partial charge is 0.305 e. The lowest BCUT2D eigenvalue weighted by Gasteiger charge is -2.22. The van der Waals surface area contributed by atoms with Gasteiger partial charge in [-0.15, -0.1) is 0 Å². The van der Waals surface area contributed by atoms with Gasteiger partial charge in [-0.05, 0) is 19.8 Å². The molecule has 1 aliphatic carbocycles. The van der Waals surface area contributed by atoms with E-state index in [1.165, 1.54) is 6.33 Å². The number of rotatable bonds is 5. The van der Waals surface area contributed by atoms with Crippen LogP contribution in [0.5, 0.6) is 0 Å². The summed E-state index contributed by atoms with van der Waals surface area (Å²) in [6, 6.07) is 0.367. The second-order valence-electron chi connectivity index (χ2n) is 4.71. The van der Waals surface area contributed by atoms with Gasteiger partial charge in [-0.25, -0.2) is 4.98 Å². The van der Waals surface area contributed by atoms with E-state index in [9.17, 15) is 4.79 Å². The number of nitrogens with zero attached hydrogens (tertiary/aromatic N) is 4. The molecule has 1 N–H and O–H groups in total. The number of hydrogen-bond acceptors (Lipinski definition) is 6. The zero-order valence-electron chi connectivity index (χ0n) is 10.5. The third-order valence-electron chi connectivity index (χ3n) is 3.25. The average Bonchev–Trinajstić information content (AvgIpc) is 3.14. The molecule has 1 aliphatic rings. The van der Waals surface area contributed by atoms with Gasteiger partial charge in [0.05, 0.1) is 12.1 Å². The highest BCUT2D eigenvalue weighted by atomic mass is 16.5. The Kier molecular flexibility index (Phi) is 2.81. The Morgan fingerprint density at radius 1 is 1.53 bits per heavy atom. The molecule has 0 aliphatic heterocycles. The molecule has 0 atom stereocenters. The molecule has 1 saturated carbocycles. The molecule has 0 radical (unpaired) electrons. The van der Waals surface area contributed by atoms with Crippen LogP contribution < -0.4 is 4.90 Å². The van der Waals surface area contributed by atoms with Crippen molar-refractivity contribution >= 4 is 22.9 Å². The van der Waals surface area contributed by atoms with E-state index in [0.29, 0.717) is 18.3 Å². The number of fused-ring (bicyclic) bond motifs is 1. The normalized spacial score (nSPS) is 14.8. The number of carbonyl (C=O) groups is 1. The molecule has 0 amide bonds.